The fourth-order valence-corrected chi connectivity index (χ4v) is 2.20. The minimum Gasteiger partial charge on any atom is -0.352 e. The number of carbonyl (C=O) groups excluding carboxylic acids is 1. The molecule has 2 N–H and O–H groups in total. The predicted molar refractivity (Wildman–Crippen MR) is 81.4 cm³/mol. The second-order valence-corrected chi connectivity index (χ2v) is 4.79. The van der Waals surface area contributed by atoms with E-state index in [0.29, 0.717) is 5.56 Å². The van der Waals surface area contributed by atoms with E-state index in [1.165, 1.54) is 0 Å². The lowest BCUT2D eigenvalue weighted by Crippen LogP contribution is -2.44. The highest BCUT2D eigenvalue weighted by Gasteiger charge is 2.10. The van der Waals surface area contributed by atoms with Crippen LogP contribution < -0.4 is 10.6 Å². The topological polar surface area (TPSA) is 62.2 Å². The maximum atomic E-state index is 11.8. The van der Waals surface area contributed by atoms with Crippen molar-refractivity contribution in [2.45, 2.75) is 19.9 Å². The fraction of sp³-hybridized carbons (Fsp3) is 0.692. The van der Waals surface area contributed by atoms with Gasteiger partial charge in [0.25, 0.3) is 5.91 Å². The first-order chi connectivity index (χ1) is 9.29. The summed E-state index contributed by atoms with van der Waals surface area (Å²) in [6, 6.07) is 0. The number of piperazine rings is 1. The van der Waals surface area contributed by atoms with Crippen LogP contribution >= 0.6 is 12.4 Å². The van der Waals surface area contributed by atoms with Crippen molar-refractivity contribution >= 4 is 18.3 Å². The van der Waals surface area contributed by atoms with Crippen LogP contribution in [0.3, 0.4) is 0 Å². The first-order valence-electron chi connectivity index (χ1n) is 7.03. The van der Waals surface area contributed by atoms with Gasteiger partial charge < -0.3 is 15.5 Å². The Morgan fingerprint density at radius 1 is 1.45 bits per heavy atom. The molecule has 0 saturated carbocycles. The summed E-state index contributed by atoms with van der Waals surface area (Å²) >= 11 is 0. The molecule has 6 nitrogen and oxygen atoms in total. The van der Waals surface area contributed by atoms with Crippen molar-refractivity contribution in [1.82, 2.24) is 25.3 Å². The van der Waals surface area contributed by atoms with Crippen LogP contribution in [0.2, 0.25) is 0 Å². The number of rotatable bonds is 6. The van der Waals surface area contributed by atoms with Crippen molar-refractivity contribution in [3.05, 3.63) is 18.0 Å². The van der Waals surface area contributed by atoms with E-state index in [1.807, 2.05) is 6.92 Å². The van der Waals surface area contributed by atoms with Crippen LogP contribution in [0.4, 0.5) is 0 Å². The molecule has 0 bridgehead atoms. The monoisotopic (exact) mass is 301 g/mol. The zero-order chi connectivity index (χ0) is 13.5. The van der Waals surface area contributed by atoms with Gasteiger partial charge in [0.2, 0.25) is 0 Å². The number of hydrogen-bond acceptors (Lipinski definition) is 4. The second kappa shape index (κ2) is 8.94. The van der Waals surface area contributed by atoms with Crippen molar-refractivity contribution in [1.29, 1.82) is 0 Å². The molecule has 2 rings (SSSR count). The highest BCUT2D eigenvalue weighted by molar-refractivity contribution is 5.93. The smallest absolute Gasteiger partial charge is 0.254 e. The van der Waals surface area contributed by atoms with Crippen molar-refractivity contribution in [2.24, 2.45) is 0 Å². The highest BCUT2D eigenvalue weighted by Crippen LogP contribution is 1.98. The Bertz CT molecular complexity index is 403. The number of nitrogens with one attached hydrogen (secondary N) is 2. The van der Waals surface area contributed by atoms with E-state index in [0.717, 1.165) is 52.2 Å². The third-order valence-corrected chi connectivity index (χ3v) is 3.37. The normalized spacial score (nSPS) is 15.7. The van der Waals surface area contributed by atoms with Crippen molar-refractivity contribution in [3.63, 3.8) is 0 Å². The number of halogens is 1. The molecular weight excluding hydrogens is 278 g/mol. The average Bonchev–Trinajstić information content (AvgIpc) is 2.93. The van der Waals surface area contributed by atoms with Crippen LogP contribution in [0.1, 0.15) is 23.7 Å². The lowest BCUT2D eigenvalue weighted by molar-refractivity contribution is 0.0951. The van der Waals surface area contributed by atoms with E-state index in [1.54, 1.807) is 17.1 Å². The molecule has 20 heavy (non-hydrogen) atoms. The second-order valence-electron chi connectivity index (χ2n) is 4.79. The zero-order valence-corrected chi connectivity index (χ0v) is 12.8. The molecule has 1 aliphatic heterocycles. The van der Waals surface area contributed by atoms with Gasteiger partial charge in [0.15, 0.2) is 0 Å². The van der Waals surface area contributed by atoms with Gasteiger partial charge in [-0.2, -0.15) is 5.10 Å². The summed E-state index contributed by atoms with van der Waals surface area (Å²) in [5.41, 5.74) is 0.643. The van der Waals surface area contributed by atoms with Gasteiger partial charge in [-0.05, 0) is 19.9 Å². The molecule has 1 aromatic heterocycles. The SMILES string of the molecule is CCn1cc(C(=O)NCCCN2CCNCC2)cn1.Cl. The average molecular weight is 302 g/mol. The summed E-state index contributed by atoms with van der Waals surface area (Å²) in [5, 5.41) is 10.4. The van der Waals surface area contributed by atoms with E-state index in [4.69, 9.17) is 0 Å². The van der Waals surface area contributed by atoms with Crippen LogP contribution in [0, 0.1) is 0 Å². The number of hydrogen-bond donors (Lipinski definition) is 2. The fourth-order valence-electron chi connectivity index (χ4n) is 2.20. The number of carbonyl (C=O) groups is 1. The van der Waals surface area contributed by atoms with Gasteiger partial charge in [-0.15, -0.1) is 12.4 Å². The lowest BCUT2D eigenvalue weighted by Gasteiger charge is -2.27. The summed E-state index contributed by atoms with van der Waals surface area (Å²) in [5.74, 6) is -0.0278. The molecule has 7 heteroatoms. The molecule has 2 heterocycles. The molecule has 0 unspecified atom stereocenters. The maximum absolute atomic E-state index is 11.8. The molecule has 1 amide bonds. The lowest BCUT2D eigenvalue weighted by atomic mass is 10.3. The standard InChI is InChI=1S/C13H23N5O.ClH/c1-2-18-11-12(10-16-18)13(19)15-4-3-7-17-8-5-14-6-9-17;/h10-11,14H,2-9H2,1H3,(H,15,19);1H. The van der Waals surface area contributed by atoms with Gasteiger partial charge in [0.05, 0.1) is 11.8 Å². The number of amides is 1. The summed E-state index contributed by atoms with van der Waals surface area (Å²) in [4.78, 5) is 14.3. The predicted octanol–water partition coefficient (Wildman–Crippen LogP) is 0.350. The van der Waals surface area contributed by atoms with E-state index in [-0.39, 0.29) is 18.3 Å². The molecule has 0 atom stereocenters. The van der Waals surface area contributed by atoms with Crippen molar-refractivity contribution in [3.8, 4) is 0 Å². The van der Waals surface area contributed by atoms with Crippen molar-refractivity contribution in [2.75, 3.05) is 39.3 Å². The number of nitrogens with zero attached hydrogens (tertiary/aromatic N) is 3. The summed E-state index contributed by atoms with van der Waals surface area (Å²) in [6.45, 7) is 8.92. The Balaban J connectivity index is 0.00000200. The van der Waals surface area contributed by atoms with Gasteiger partial charge in [-0.3, -0.25) is 9.48 Å². The molecule has 0 radical (unpaired) electrons. The minimum absolute atomic E-state index is 0. The Labute approximate surface area is 126 Å². The van der Waals surface area contributed by atoms with Gasteiger partial charge in [0, 0.05) is 45.5 Å². The first kappa shape index (κ1) is 16.9. The molecular formula is C13H24ClN5O. The first-order valence-corrected chi connectivity index (χ1v) is 7.03. The third kappa shape index (κ3) is 5.11. The summed E-state index contributed by atoms with van der Waals surface area (Å²) in [7, 11) is 0. The van der Waals surface area contributed by atoms with E-state index in [2.05, 4.69) is 20.6 Å². The van der Waals surface area contributed by atoms with Crippen LogP contribution in [0.25, 0.3) is 0 Å². The molecule has 1 saturated heterocycles. The molecule has 114 valence electrons. The molecule has 0 spiro atoms. The number of aromatic nitrogens is 2. The van der Waals surface area contributed by atoms with Gasteiger partial charge >= 0.3 is 0 Å². The van der Waals surface area contributed by atoms with Crippen LogP contribution in [-0.2, 0) is 6.54 Å². The largest absolute Gasteiger partial charge is 0.352 e. The van der Waals surface area contributed by atoms with Crippen LogP contribution in [0.5, 0.6) is 0 Å². The minimum atomic E-state index is -0.0278. The Hall–Kier alpha value is -1.11. The number of aryl methyl sites for hydroxylation is 1. The molecule has 0 aliphatic carbocycles. The summed E-state index contributed by atoms with van der Waals surface area (Å²) < 4.78 is 1.76. The zero-order valence-electron chi connectivity index (χ0n) is 12.0. The molecule has 1 aliphatic rings. The molecule has 1 fully saturated rings. The van der Waals surface area contributed by atoms with E-state index in [9.17, 15) is 4.79 Å². The van der Waals surface area contributed by atoms with E-state index >= 15 is 0 Å². The maximum Gasteiger partial charge on any atom is 0.254 e. The third-order valence-electron chi connectivity index (χ3n) is 3.37. The molecule has 0 aromatic carbocycles. The van der Waals surface area contributed by atoms with Crippen molar-refractivity contribution < 1.29 is 4.79 Å². The highest BCUT2D eigenvalue weighted by atomic mass is 35.5. The quantitative estimate of drug-likeness (QED) is 0.744. The Morgan fingerprint density at radius 3 is 2.85 bits per heavy atom. The Morgan fingerprint density at radius 2 is 2.20 bits per heavy atom. The Kier molecular flexibility index (Phi) is 7.58. The van der Waals surface area contributed by atoms with E-state index < -0.39 is 0 Å². The van der Waals surface area contributed by atoms with Gasteiger partial charge in [-0.25, -0.2) is 0 Å². The van der Waals surface area contributed by atoms with Crippen LogP contribution in [0.15, 0.2) is 12.4 Å². The van der Waals surface area contributed by atoms with Gasteiger partial charge in [-0.1, -0.05) is 0 Å². The van der Waals surface area contributed by atoms with Crippen LogP contribution in [-0.4, -0.2) is 59.9 Å². The summed E-state index contributed by atoms with van der Waals surface area (Å²) in [6.07, 6.45) is 4.40. The molecule has 1 aromatic rings. The van der Waals surface area contributed by atoms with Gasteiger partial charge in [0.1, 0.15) is 0 Å².